The van der Waals surface area contributed by atoms with E-state index in [4.69, 9.17) is 0 Å². The summed E-state index contributed by atoms with van der Waals surface area (Å²) in [7, 11) is 0. The summed E-state index contributed by atoms with van der Waals surface area (Å²) in [6.45, 7) is 0. The van der Waals surface area contributed by atoms with E-state index in [0.717, 1.165) is 5.92 Å². The van der Waals surface area contributed by atoms with E-state index in [1.807, 2.05) is 0 Å². The lowest BCUT2D eigenvalue weighted by Crippen LogP contribution is -2.06. The molecule has 66 valence electrons. The zero-order valence-corrected chi connectivity index (χ0v) is 7.76. The van der Waals surface area contributed by atoms with Crippen LogP contribution in [0, 0.1) is 5.92 Å². The molecule has 2 aliphatic rings. The fraction of sp³-hybridized carbons (Fsp3) is 0.667. The monoisotopic (exact) mass is 162 g/mol. The Balaban J connectivity index is 2.01. The van der Waals surface area contributed by atoms with Gasteiger partial charge >= 0.3 is 0 Å². The second-order valence-corrected chi connectivity index (χ2v) is 3.99. The summed E-state index contributed by atoms with van der Waals surface area (Å²) in [5.74, 6) is 0.819. The second kappa shape index (κ2) is 3.93. The molecule has 0 N–H and O–H groups in total. The first-order chi connectivity index (χ1) is 5.97. The molecule has 0 aliphatic heterocycles. The van der Waals surface area contributed by atoms with Gasteiger partial charge in [-0.1, -0.05) is 23.8 Å². The van der Waals surface area contributed by atoms with Gasteiger partial charge in [0.25, 0.3) is 0 Å². The third-order valence-corrected chi connectivity index (χ3v) is 3.06. The summed E-state index contributed by atoms with van der Waals surface area (Å²) >= 11 is 0. The minimum absolute atomic E-state index is 0.819. The molecular weight excluding hydrogens is 144 g/mol. The van der Waals surface area contributed by atoms with Gasteiger partial charge in [-0.2, -0.15) is 0 Å². The number of rotatable bonds is 1. The van der Waals surface area contributed by atoms with E-state index in [-0.39, 0.29) is 0 Å². The molecule has 0 saturated carbocycles. The highest BCUT2D eigenvalue weighted by Gasteiger charge is 2.14. The molecule has 1 atom stereocenters. The van der Waals surface area contributed by atoms with Crippen molar-refractivity contribution in [3.05, 3.63) is 23.8 Å². The zero-order chi connectivity index (χ0) is 8.23. The highest BCUT2D eigenvalue weighted by Crippen LogP contribution is 2.30. The van der Waals surface area contributed by atoms with E-state index < -0.39 is 0 Å². The summed E-state index contributed by atoms with van der Waals surface area (Å²) in [6, 6.07) is 0. The fourth-order valence-corrected chi connectivity index (χ4v) is 2.32. The van der Waals surface area contributed by atoms with Crippen LogP contribution in [0.2, 0.25) is 0 Å². The second-order valence-electron chi connectivity index (χ2n) is 3.99. The van der Waals surface area contributed by atoms with Gasteiger partial charge in [-0.05, 0) is 50.9 Å². The molecule has 2 aliphatic carbocycles. The molecule has 1 unspecified atom stereocenters. The van der Waals surface area contributed by atoms with E-state index in [0.29, 0.717) is 0 Å². The van der Waals surface area contributed by atoms with Crippen LogP contribution in [0.5, 0.6) is 0 Å². The lowest BCUT2D eigenvalue weighted by molar-refractivity contribution is 0.555. The molecule has 0 nitrogen and oxygen atoms in total. The first-order valence-corrected chi connectivity index (χ1v) is 5.32. The van der Waals surface area contributed by atoms with E-state index in [9.17, 15) is 0 Å². The van der Waals surface area contributed by atoms with Crippen molar-refractivity contribution >= 4 is 0 Å². The van der Waals surface area contributed by atoms with Crippen molar-refractivity contribution < 1.29 is 0 Å². The fourth-order valence-electron chi connectivity index (χ4n) is 2.32. The van der Waals surface area contributed by atoms with Gasteiger partial charge in [0.15, 0.2) is 0 Å². The molecule has 0 radical (unpaired) electrons. The van der Waals surface area contributed by atoms with Crippen LogP contribution in [0.4, 0.5) is 0 Å². The largest absolute Gasteiger partial charge is 0.0879 e. The minimum atomic E-state index is 0.819. The standard InChI is InChI=1S/C12H18/c1-3-7-11(8-4-1)12-9-5-2-6-10-12/h3,7,9,11H,1-2,4-6,8,10H2. The van der Waals surface area contributed by atoms with Crippen LogP contribution < -0.4 is 0 Å². The topological polar surface area (TPSA) is 0 Å². The van der Waals surface area contributed by atoms with Gasteiger partial charge in [0, 0.05) is 0 Å². The van der Waals surface area contributed by atoms with Crippen LogP contribution in [0.25, 0.3) is 0 Å². The Morgan fingerprint density at radius 2 is 2.08 bits per heavy atom. The molecule has 0 heterocycles. The quantitative estimate of drug-likeness (QED) is 0.514. The average molecular weight is 162 g/mol. The maximum Gasteiger partial charge on any atom is -0.00232 e. The summed E-state index contributed by atoms with van der Waals surface area (Å²) < 4.78 is 0. The summed E-state index contributed by atoms with van der Waals surface area (Å²) in [4.78, 5) is 0. The van der Waals surface area contributed by atoms with Crippen molar-refractivity contribution in [3.8, 4) is 0 Å². The van der Waals surface area contributed by atoms with Gasteiger partial charge in [0.05, 0.1) is 0 Å². The highest BCUT2D eigenvalue weighted by atomic mass is 14.2. The average Bonchev–Trinajstić information content (AvgIpc) is 2.21. The Bertz CT molecular complexity index is 198. The Kier molecular flexibility index (Phi) is 2.65. The Morgan fingerprint density at radius 3 is 2.75 bits per heavy atom. The van der Waals surface area contributed by atoms with E-state index >= 15 is 0 Å². The molecule has 0 saturated heterocycles. The van der Waals surface area contributed by atoms with Crippen LogP contribution >= 0.6 is 0 Å². The Morgan fingerprint density at radius 1 is 1.08 bits per heavy atom. The first-order valence-electron chi connectivity index (χ1n) is 5.32. The molecule has 2 rings (SSSR count). The predicted molar refractivity (Wildman–Crippen MR) is 53.0 cm³/mol. The van der Waals surface area contributed by atoms with Crippen molar-refractivity contribution in [3.63, 3.8) is 0 Å². The molecule has 0 heteroatoms. The van der Waals surface area contributed by atoms with Gasteiger partial charge in [0.1, 0.15) is 0 Å². The van der Waals surface area contributed by atoms with Crippen molar-refractivity contribution in [2.75, 3.05) is 0 Å². The lowest BCUT2D eigenvalue weighted by Gasteiger charge is -2.22. The molecule has 0 spiro atoms. The molecule has 0 aromatic heterocycles. The highest BCUT2D eigenvalue weighted by molar-refractivity contribution is 5.16. The van der Waals surface area contributed by atoms with Crippen LogP contribution in [0.1, 0.15) is 44.9 Å². The Labute approximate surface area is 75.4 Å². The van der Waals surface area contributed by atoms with Crippen molar-refractivity contribution in [2.45, 2.75) is 44.9 Å². The molecule has 0 fully saturated rings. The van der Waals surface area contributed by atoms with E-state index in [2.05, 4.69) is 18.2 Å². The first kappa shape index (κ1) is 8.10. The zero-order valence-electron chi connectivity index (χ0n) is 7.76. The van der Waals surface area contributed by atoms with Gasteiger partial charge in [0.2, 0.25) is 0 Å². The minimum Gasteiger partial charge on any atom is -0.0879 e. The van der Waals surface area contributed by atoms with Crippen LogP contribution in [0.3, 0.4) is 0 Å². The summed E-state index contributed by atoms with van der Waals surface area (Å²) in [5, 5.41) is 0. The van der Waals surface area contributed by atoms with Gasteiger partial charge < -0.3 is 0 Å². The predicted octanol–water partition coefficient (Wildman–Crippen LogP) is 3.84. The molecule has 0 aromatic rings. The smallest absolute Gasteiger partial charge is 0.00232 e. The van der Waals surface area contributed by atoms with Crippen LogP contribution in [-0.2, 0) is 0 Å². The molecular formula is C12H18. The van der Waals surface area contributed by atoms with E-state index in [1.54, 1.807) is 5.57 Å². The third-order valence-electron chi connectivity index (χ3n) is 3.06. The van der Waals surface area contributed by atoms with Gasteiger partial charge in [-0.3, -0.25) is 0 Å². The van der Waals surface area contributed by atoms with Gasteiger partial charge in [-0.15, -0.1) is 0 Å². The number of allylic oxidation sites excluding steroid dienone is 4. The molecule has 0 aromatic carbocycles. The summed E-state index contributed by atoms with van der Waals surface area (Å²) in [5.41, 5.74) is 1.73. The molecule has 0 bridgehead atoms. The lowest BCUT2D eigenvalue weighted by atomic mass is 9.83. The molecule has 0 amide bonds. The summed E-state index contributed by atoms with van der Waals surface area (Å²) in [6.07, 6.45) is 16.9. The number of hydrogen-bond acceptors (Lipinski definition) is 0. The van der Waals surface area contributed by atoms with E-state index in [1.165, 1.54) is 44.9 Å². The van der Waals surface area contributed by atoms with Crippen LogP contribution in [0.15, 0.2) is 23.8 Å². The van der Waals surface area contributed by atoms with Crippen molar-refractivity contribution in [2.24, 2.45) is 5.92 Å². The Hall–Kier alpha value is -0.520. The van der Waals surface area contributed by atoms with Crippen molar-refractivity contribution in [1.82, 2.24) is 0 Å². The van der Waals surface area contributed by atoms with Crippen LogP contribution in [-0.4, -0.2) is 0 Å². The number of hydrogen-bond donors (Lipinski definition) is 0. The van der Waals surface area contributed by atoms with Crippen molar-refractivity contribution in [1.29, 1.82) is 0 Å². The SMILES string of the molecule is C1=CC(C2=CCCCC2)CCC1. The van der Waals surface area contributed by atoms with Gasteiger partial charge in [-0.25, -0.2) is 0 Å². The maximum atomic E-state index is 2.49. The molecule has 12 heavy (non-hydrogen) atoms. The third kappa shape index (κ3) is 1.80. The normalized spacial score (nSPS) is 30.0. The maximum absolute atomic E-state index is 2.49.